The van der Waals surface area contributed by atoms with Crippen LogP contribution in [0, 0.1) is 17.2 Å². The summed E-state index contributed by atoms with van der Waals surface area (Å²) < 4.78 is 0. The van der Waals surface area contributed by atoms with Crippen molar-refractivity contribution in [3.8, 4) is 6.07 Å². The highest BCUT2D eigenvalue weighted by atomic mass is 16.4. The zero-order chi connectivity index (χ0) is 19.7. The Kier molecular flexibility index (Phi) is 8.16. The third-order valence-corrected chi connectivity index (χ3v) is 3.96. The summed E-state index contributed by atoms with van der Waals surface area (Å²) in [4.78, 5) is 25.5. The minimum atomic E-state index is -1.13. The number of nitriles is 1. The quantitative estimate of drug-likeness (QED) is 0.463. The van der Waals surface area contributed by atoms with Crippen LogP contribution < -0.4 is 15.5 Å². The number of nitrogens with one attached hydrogen (secondary N) is 2. The van der Waals surface area contributed by atoms with Gasteiger partial charge in [-0.15, -0.1) is 0 Å². The molecule has 0 bridgehead atoms. The minimum absolute atomic E-state index is 0.190. The Morgan fingerprint density at radius 2 is 1.81 bits per heavy atom. The standard InChI is InChI=1S/C19H26N4O3/c1-5-23(6-2)16-9-7-15(8-10-16)21-12-14(11-20)18(24)22-17(13(3)4)19(25)26/h7-10,12-13,17,21H,5-6H2,1-4H3,(H,22,24)(H,25,26)/b14-12-. The van der Waals surface area contributed by atoms with Crippen molar-refractivity contribution in [2.45, 2.75) is 33.7 Å². The van der Waals surface area contributed by atoms with Crippen molar-refractivity contribution in [2.75, 3.05) is 23.3 Å². The summed E-state index contributed by atoms with van der Waals surface area (Å²) in [5.41, 5.74) is 1.62. The summed E-state index contributed by atoms with van der Waals surface area (Å²) in [5.74, 6) is -2.15. The lowest BCUT2D eigenvalue weighted by Gasteiger charge is -2.21. The second kappa shape index (κ2) is 10.1. The number of carboxylic acids is 1. The molecule has 0 radical (unpaired) electrons. The lowest BCUT2D eigenvalue weighted by atomic mass is 10.0. The molecule has 0 aromatic heterocycles. The number of hydrogen-bond acceptors (Lipinski definition) is 5. The number of amides is 1. The molecule has 1 unspecified atom stereocenters. The van der Waals surface area contributed by atoms with Crippen molar-refractivity contribution in [2.24, 2.45) is 5.92 Å². The van der Waals surface area contributed by atoms with Gasteiger partial charge in [0, 0.05) is 30.7 Å². The molecule has 7 heteroatoms. The maximum atomic E-state index is 12.1. The van der Waals surface area contributed by atoms with E-state index in [9.17, 15) is 14.9 Å². The fourth-order valence-corrected chi connectivity index (χ4v) is 2.39. The van der Waals surface area contributed by atoms with Crippen LogP contribution in [0.5, 0.6) is 0 Å². The number of carboxylic acid groups (broad SMARTS) is 1. The molecule has 0 aliphatic rings. The minimum Gasteiger partial charge on any atom is -0.480 e. The smallest absolute Gasteiger partial charge is 0.326 e. The number of benzene rings is 1. The Morgan fingerprint density at radius 1 is 1.23 bits per heavy atom. The molecule has 0 fully saturated rings. The van der Waals surface area contributed by atoms with Crippen LogP contribution in [0.4, 0.5) is 11.4 Å². The average molecular weight is 358 g/mol. The summed E-state index contributed by atoms with van der Waals surface area (Å²) >= 11 is 0. The lowest BCUT2D eigenvalue weighted by Crippen LogP contribution is -2.44. The van der Waals surface area contributed by atoms with Crippen LogP contribution in [0.3, 0.4) is 0 Å². The number of rotatable bonds is 9. The van der Waals surface area contributed by atoms with Gasteiger partial charge in [0.15, 0.2) is 0 Å². The average Bonchev–Trinajstić information content (AvgIpc) is 2.61. The highest BCUT2D eigenvalue weighted by Crippen LogP contribution is 2.18. The normalized spacial score (nSPS) is 12.2. The van der Waals surface area contributed by atoms with Gasteiger partial charge in [0.25, 0.3) is 5.91 Å². The fraction of sp³-hybridized carbons (Fsp3) is 0.421. The third-order valence-electron chi connectivity index (χ3n) is 3.96. The molecule has 0 heterocycles. The van der Waals surface area contributed by atoms with Crippen molar-refractivity contribution < 1.29 is 14.7 Å². The maximum Gasteiger partial charge on any atom is 0.326 e. The largest absolute Gasteiger partial charge is 0.480 e. The van der Waals surface area contributed by atoms with Crippen LogP contribution in [0.1, 0.15) is 27.7 Å². The zero-order valence-electron chi connectivity index (χ0n) is 15.6. The Labute approximate surface area is 154 Å². The predicted octanol–water partition coefficient (Wildman–Crippen LogP) is 2.58. The molecule has 1 aromatic rings. The summed E-state index contributed by atoms with van der Waals surface area (Å²) in [6.07, 6.45) is 1.28. The van der Waals surface area contributed by atoms with Crippen LogP contribution in [0.15, 0.2) is 36.0 Å². The molecule has 7 nitrogen and oxygen atoms in total. The van der Waals surface area contributed by atoms with Gasteiger partial charge >= 0.3 is 5.97 Å². The van der Waals surface area contributed by atoms with E-state index in [1.165, 1.54) is 6.20 Å². The van der Waals surface area contributed by atoms with E-state index in [1.807, 2.05) is 24.3 Å². The van der Waals surface area contributed by atoms with Gasteiger partial charge < -0.3 is 20.6 Å². The van der Waals surface area contributed by atoms with Crippen LogP contribution in [0.25, 0.3) is 0 Å². The lowest BCUT2D eigenvalue weighted by molar-refractivity contribution is -0.142. The molecule has 1 rings (SSSR count). The highest BCUT2D eigenvalue weighted by Gasteiger charge is 2.24. The molecule has 0 saturated carbocycles. The van der Waals surface area contributed by atoms with Gasteiger partial charge in [-0.1, -0.05) is 13.8 Å². The van der Waals surface area contributed by atoms with Crippen molar-refractivity contribution in [3.63, 3.8) is 0 Å². The van der Waals surface area contributed by atoms with Gasteiger partial charge in [-0.3, -0.25) is 4.79 Å². The van der Waals surface area contributed by atoms with E-state index in [4.69, 9.17) is 5.11 Å². The van der Waals surface area contributed by atoms with Crippen molar-refractivity contribution in [1.29, 1.82) is 5.26 Å². The molecule has 0 aliphatic carbocycles. The molecule has 3 N–H and O–H groups in total. The van der Waals surface area contributed by atoms with E-state index in [1.54, 1.807) is 19.9 Å². The first-order valence-corrected chi connectivity index (χ1v) is 8.59. The molecule has 26 heavy (non-hydrogen) atoms. The zero-order valence-corrected chi connectivity index (χ0v) is 15.6. The molecule has 0 spiro atoms. The molecule has 0 aliphatic heterocycles. The van der Waals surface area contributed by atoms with Crippen molar-refractivity contribution >= 4 is 23.3 Å². The van der Waals surface area contributed by atoms with Gasteiger partial charge in [0.2, 0.25) is 0 Å². The highest BCUT2D eigenvalue weighted by molar-refractivity contribution is 5.99. The number of carbonyl (C=O) groups is 2. The van der Waals surface area contributed by atoms with Crippen molar-refractivity contribution in [3.05, 3.63) is 36.0 Å². The molecular formula is C19H26N4O3. The monoisotopic (exact) mass is 358 g/mol. The first kappa shape index (κ1) is 21.0. The molecule has 1 aromatic carbocycles. The first-order valence-electron chi connectivity index (χ1n) is 8.59. The predicted molar refractivity (Wildman–Crippen MR) is 102 cm³/mol. The Balaban J connectivity index is 2.82. The number of carbonyl (C=O) groups excluding carboxylic acids is 1. The number of hydrogen-bond donors (Lipinski definition) is 3. The van der Waals surface area contributed by atoms with Crippen molar-refractivity contribution in [1.82, 2.24) is 5.32 Å². The Bertz CT molecular complexity index is 686. The number of nitrogens with zero attached hydrogens (tertiary/aromatic N) is 2. The first-order chi connectivity index (χ1) is 12.3. The third kappa shape index (κ3) is 5.81. The fourth-order valence-electron chi connectivity index (χ4n) is 2.39. The van der Waals surface area contributed by atoms with Gasteiger partial charge in [-0.2, -0.15) is 5.26 Å². The van der Waals surface area contributed by atoms with Crippen LogP contribution in [-0.2, 0) is 9.59 Å². The van der Waals surface area contributed by atoms with Gasteiger partial charge in [0.05, 0.1) is 0 Å². The topological polar surface area (TPSA) is 105 Å². The van der Waals surface area contributed by atoms with Crippen LogP contribution in [0.2, 0.25) is 0 Å². The van der Waals surface area contributed by atoms with Crippen LogP contribution >= 0.6 is 0 Å². The summed E-state index contributed by atoms with van der Waals surface area (Å²) in [6.45, 7) is 9.34. The summed E-state index contributed by atoms with van der Waals surface area (Å²) in [5, 5.41) is 23.6. The SMILES string of the molecule is CCN(CC)c1ccc(N/C=C(/C#N)C(=O)NC(C(=O)O)C(C)C)cc1. The summed E-state index contributed by atoms with van der Waals surface area (Å²) in [7, 11) is 0. The molecular weight excluding hydrogens is 332 g/mol. The van der Waals surface area contributed by atoms with Crippen LogP contribution in [-0.4, -0.2) is 36.1 Å². The Morgan fingerprint density at radius 3 is 2.23 bits per heavy atom. The number of anilines is 2. The molecule has 140 valence electrons. The second-order valence-corrected chi connectivity index (χ2v) is 6.07. The van der Waals surface area contributed by atoms with Gasteiger partial charge in [-0.25, -0.2) is 4.79 Å². The van der Waals surface area contributed by atoms with Gasteiger partial charge in [-0.05, 0) is 44.0 Å². The summed E-state index contributed by atoms with van der Waals surface area (Å²) in [6, 6.07) is 8.35. The van der Waals surface area contributed by atoms with Gasteiger partial charge in [0.1, 0.15) is 17.7 Å². The molecule has 1 amide bonds. The Hall–Kier alpha value is -3.01. The number of aliphatic carboxylic acids is 1. The maximum absolute atomic E-state index is 12.1. The molecule has 0 saturated heterocycles. The van der Waals surface area contributed by atoms with E-state index in [0.29, 0.717) is 0 Å². The molecule has 1 atom stereocenters. The van der Waals surface area contributed by atoms with E-state index < -0.39 is 17.9 Å². The second-order valence-electron chi connectivity index (χ2n) is 6.07. The van der Waals surface area contributed by atoms with E-state index in [-0.39, 0.29) is 11.5 Å². The van der Waals surface area contributed by atoms with E-state index in [2.05, 4.69) is 29.4 Å². The van der Waals surface area contributed by atoms with E-state index in [0.717, 1.165) is 24.5 Å². The van der Waals surface area contributed by atoms with E-state index >= 15 is 0 Å².